The van der Waals surface area contributed by atoms with Crippen molar-refractivity contribution in [3.05, 3.63) is 0 Å². The number of ketones is 1. The molecule has 0 saturated heterocycles. The quantitative estimate of drug-likeness (QED) is 0.560. The van der Waals surface area contributed by atoms with E-state index in [-0.39, 0.29) is 0 Å². The lowest BCUT2D eigenvalue weighted by Crippen LogP contribution is -2.21. The molecular weight excluding hydrogens is 160 g/mol. The molecule has 0 aromatic carbocycles. The van der Waals surface area contributed by atoms with E-state index in [2.05, 4.69) is 0 Å². The van der Waals surface area contributed by atoms with Crippen LogP contribution in [0.25, 0.3) is 0 Å². The van der Waals surface area contributed by atoms with Crippen LogP contribution in [0, 0.1) is 23.7 Å². The fraction of sp³-hybridized carbons (Fsp3) is 0.917. The Balaban J connectivity index is 0.000000308. The highest BCUT2D eigenvalue weighted by Crippen LogP contribution is 2.57. The molecule has 3 rings (SSSR count). The molecule has 3 saturated carbocycles. The molecule has 13 heavy (non-hydrogen) atoms. The molecule has 0 spiro atoms. The van der Waals surface area contributed by atoms with Gasteiger partial charge in [-0.15, -0.1) is 0 Å². The standard InChI is InChI=1S/C10H14O.C2H6/c11-9-4-3-8-6-1-2-7(5-6)10(8)9;1-2/h6-8,10H,1-5H2;1-2H3. The molecule has 3 fully saturated rings. The van der Waals surface area contributed by atoms with E-state index < -0.39 is 0 Å². The zero-order valence-electron chi connectivity index (χ0n) is 8.75. The molecule has 3 aliphatic rings. The normalized spacial score (nSPS) is 45.8. The van der Waals surface area contributed by atoms with E-state index in [1.807, 2.05) is 13.8 Å². The first kappa shape index (κ1) is 9.23. The Kier molecular flexibility index (Phi) is 2.44. The topological polar surface area (TPSA) is 17.1 Å². The number of carbonyl (C=O) groups is 1. The maximum Gasteiger partial charge on any atom is 0.136 e. The smallest absolute Gasteiger partial charge is 0.136 e. The first-order valence-corrected chi connectivity index (χ1v) is 5.89. The molecule has 2 bridgehead atoms. The average molecular weight is 180 g/mol. The van der Waals surface area contributed by atoms with Gasteiger partial charge in [0.2, 0.25) is 0 Å². The Morgan fingerprint density at radius 3 is 2.46 bits per heavy atom. The van der Waals surface area contributed by atoms with Gasteiger partial charge in [-0.1, -0.05) is 13.8 Å². The van der Waals surface area contributed by atoms with E-state index in [9.17, 15) is 4.79 Å². The minimum atomic E-state index is 0.536. The molecule has 4 unspecified atom stereocenters. The maximum atomic E-state index is 11.4. The summed E-state index contributed by atoms with van der Waals surface area (Å²) in [5.74, 6) is 3.74. The number of carbonyl (C=O) groups excluding carboxylic acids is 1. The predicted octanol–water partition coefficient (Wildman–Crippen LogP) is 3.04. The zero-order chi connectivity index (χ0) is 9.42. The Bertz CT molecular complexity index is 209. The van der Waals surface area contributed by atoms with Crippen molar-refractivity contribution in [3.63, 3.8) is 0 Å². The fourth-order valence-electron chi connectivity index (χ4n) is 3.80. The number of rotatable bonds is 0. The molecular formula is C12H20O. The summed E-state index contributed by atoms with van der Waals surface area (Å²) in [7, 11) is 0. The number of Topliss-reactive ketones (excluding diaryl/α,β-unsaturated/α-hetero) is 1. The van der Waals surface area contributed by atoms with Crippen molar-refractivity contribution in [2.24, 2.45) is 23.7 Å². The summed E-state index contributed by atoms with van der Waals surface area (Å²) >= 11 is 0. The molecule has 0 aromatic heterocycles. The highest BCUT2D eigenvalue weighted by Gasteiger charge is 2.52. The average Bonchev–Trinajstić information content (AvgIpc) is 2.81. The Labute approximate surface area is 80.9 Å². The minimum Gasteiger partial charge on any atom is -0.299 e. The molecule has 0 aliphatic heterocycles. The van der Waals surface area contributed by atoms with Crippen LogP contribution in [0.3, 0.4) is 0 Å². The summed E-state index contributed by atoms with van der Waals surface area (Å²) in [4.78, 5) is 11.4. The SMILES string of the molecule is CC.O=C1CCC2C3CCC(C3)C12. The third-order valence-corrected chi connectivity index (χ3v) is 4.18. The molecule has 0 amide bonds. The molecule has 4 atom stereocenters. The molecule has 3 aliphatic carbocycles. The molecule has 0 heterocycles. The molecule has 1 nitrogen and oxygen atoms in total. The van der Waals surface area contributed by atoms with Crippen LogP contribution in [0.4, 0.5) is 0 Å². The maximum absolute atomic E-state index is 11.4. The Morgan fingerprint density at radius 1 is 1.08 bits per heavy atom. The van der Waals surface area contributed by atoms with Crippen molar-refractivity contribution in [2.45, 2.75) is 46.0 Å². The molecule has 0 aromatic rings. The van der Waals surface area contributed by atoms with Crippen LogP contribution in [0.15, 0.2) is 0 Å². The van der Waals surface area contributed by atoms with Crippen molar-refractivity contribution in [1.82, 2.24) is 0 Å². The van der Waals surface area contributed by atoms with Gasteiger partial charge in [0, 0.05) is 12.3 Å². The van der Waals surface area contributed by atoms with Gasteiger partial charge in [-0.25, -0.2) is 0 Å². The summed E-state index contributed by atoms with van der Waals surface area (Å²) in [5, 5.41) is 0. The lowest BCUT2D eigenvalue weighted by Gasteiger charge is -2.22. The lowest BCUT2D eigenvalue weighted by atomic mass is 9.81. The van der Waals surface area contributed by atoms with Crippen LogP contribution in [-0.4, -0.2) is 5.78 Å². The lowest BCUT2D eigenvalue weighted by molar-refractivity contribution is -0.122. The van der Waals surface area contributed by atoms with Gasteiger partial charge in [0.15, 0.2) is 0 Å². The van der Waals surface area contributed by atoms with E-state index in [0.29, 0.717) is 11.7 Å². The predicted molar refractivity (Wildman–Crippen MR) is 53.4 cm³/mol. The first-order valence-electron chi connectivity index (χ1n) is 5.89. The summed E-state index contributed by atoms with van der Waals surface area (Å²) in [6.45, 7) is 4.00. The zero-order valence-corrected chi connectivity index (χ0v) is 8.75. The van der Waals surface area contributed by atoms with Gasteiger partial charge in [-0.2, -0.15) is 0 Å². The number of fused-ring (bicyclic) bond motifs is 5. The van der Waals surface area contributed by atoms with E-state index in [1.165, 1.54) is 25.7 Å². The molecule has 0 N–H and O–H groups in total. The van der Waals surface area contributed by atoms with Crippen LogP contribution < -0.4 is 0 Å². The van der Waals surface area contributed by atoms with Gasteiger partial charge in [-0.3, -0.25) is 4.79 Å². The van der Waals surface area contributed by atoms with Crippen LogP contribution in [0.1, 0.15) is 46.0 Å². The van der Waals surface area contributed by atoms with E-state index >= 15 is 0 Å². The fourth-order valence-corrected chi connectivity index (χ4v) is 3.80. The molecule has 0 radical (unpaired) electrons. The summed E-state index contributed by atoms with van der Waals surface area (Å²) in [5.41, 5.74) is 0. The largest absolute Gasteiger partial charge is 0.299 e. The van der Waals surface area contributed by atoms with Crippen molar-refractivity contribution in [1.29, 1.82) is 0 Å². The van der Waals surface area contributed by atoms with E-state index in [4.69, 9.17) is 0 Å². The Morgan fingerprint density at radius 2 is 1.77 bits per heavy atom. The summed E-state index contributed by atoms with van der Waals surface area (Å²) < 4.78 is 0. The number of hydrogen-bond acceptors (Lipinski definition) is 1. The summed E-state index contributed by atoms with van der Waals surface area (Å²) in [6, 6.07) is 0. The summed E-state index contributed by atoms with van der Waals surface area (Å²) in [6.07, 6.45) is 6.31. The van der Waals surface area contributed by atoms with Crippen LogP contribution in [0.5, 0.6) is 0 Å². The van der Waals surface area contributed by atoms with E-state index in [0.717, 1.165) is 24.2 Å². The molecule has 1 heteroatoms. The third kappa shape index (κ3) is 1.24. The van der Waals surface area contributed by atoms with Crippen molar-refractivity contribution >= 4 is 5.78 Å². The highest BCUT2D eigenvalue weighted by atomic mass is 16.1. The van der Waals surface area contributed by atoms with Crippen LogP contribution >= 0.6 is 0 Å². The van der Waals surface area contributed by atoms with Gasteiger partial charge in [0.05, 0.1) is 0 Å². The van der Waals surface area contributed by atoms with Gasteiger partial charge in [-0.05, 0) is 43.4 Å². The van der Waals surface area contributed by atoms with Gasteiger partial charge < -0.3 is 0 Å². The van der Waals surface area contributed by atoms with Crippen molar-refractivity contribution in [2.75, 3.05) is 0 Å². The second kappa shape index (κ2) is 3.43. The Hall–Kier alpha value is -0.330. The number of hydrogen-bond donors (Lipinski definition) is 0. The van der Waals surface area contributed by atoms with Crippen molar-refractivity contribution < 1.29 is 4.79 Å². The monoisotopic (exact) mass is 180 g/mol. The minimum absolute atomic E-state index is 0.536. The highest BCUT2D eigenvalue weighted by molar-refractivity contribution is 5.84. The first-order chi connectivity index (χ1) is 6.36. The van der Waals surface area contributed by atoms with Crippen LogP contribution in [-0.2, 0) is 4.79 Å². The van der Waals surface area contributed by atoms with Gasteiger partial charge >= 0.3 is 0 Å². The van der Waals surface area contributed by atoms with Crippen LogP contribution in [0.2, 0.25) is 0 Å². The van der Waals surface area contributed by atoms with Gasteiger partial charge in [0.25, 0.3) is 0 Å². The van der Waals surface area contributed by atoms with Gasteiger partial charge in [0.1, 0.15) is 5.78 Å². The van der Waals surface area contributed by atoms with E-state index in [1.54, 1.807) is 0 Å². The molecule has 74 valence electrons. The third-order valence-electron chi connectivity index (χ3n) is 4.18. The second-order valence-corrected chi connectivity index (χ2v) is 4.53. The van der Waals surface area contributed by atoms with Crippen molar-refractivity contribution in [3.8, 4) is 0 Å². The second-order valence-electron chi connectivity index (χ2n) is 4.53.